The molecule has 0 atom stereocenters. The molecule has 0 spiro atoms. The third-order valence-electron chi connectivity index (χ3n) is 4.98. The SMILES string of the molecule is O=C(Nc1ccc(C(=O)N2CCCCc3sc(Cl)cc32)c(Cl)c1)c1cccc(Cl)c1Cl. The number of hydrogen-bond donors (Lipinski definition) is 1. The fourth-order valence-electron chi connectivity index (χ4n) is 3.47. The van der Waals surface area contributed by atoms with E-state index in [1.807, 2.05) is 6.07 Å². The smallest absolute Gasteiger partial charge is 0.259 e. The van der Waals surface area contributed by atoms with E-state index in [-0.39, 0.29) is 21.5 Å². The van der Waals surface area contributed by atoms with Crippen LogP contribution >= 0.6 is 57.7 Å². The van der Waals surface area contributed by atoms with Crippen LogP contribution in [0, 0.1) is 0 Å². The van der Waals surface area contributed by atoms with Crippen molar-refractivity contribution in [2.75, 3.05) is 16.8 Å². The van der Waals surface area contributed by atoms with Crippen molar-refractivity contribution in [3.05, 3.63) is 77.9 Å². The van der Waals surface area contributed by atoms with Crippen LogP contribution in [-0.2, 0) is 6.42 Å². The molecular formula is C22H16Cl4N2O2S. The number of thiophene rings is 1. The third kappa shape index (κ3) is 4.71. The number of nitrogens with one attached hydrogen (secondary N) is 1. The average molecular weight is 514 g/mol. The molecule has 1 N–H and O–H groups in total. The van der Waals surface area contributed by atoms with E-state index in [1.54, 1.807) is 41.3 Å². The average Bonchev–Trinajstić information content (AvgIpc) is 2.98. The van der Waals surface area contributed by atoms with Crippen LogP contribution < -0.4 is 10.2 Å². The fourth-order valence-corrected chi connectivity index (χ4v) is 5.43. The first-order valence-corrected chi connectivity index (χ1v) is 11.8. The molecule has 31 heavy (non-hydrogen) atoms. The Kier molecular flexibility index (Phi) is 6.80. The second-order valence-corrected chi connectivity index (χ2v) is 9.98. The van der Waals surface area contributed by atoms with Crippen LogP contribution in [0.3, 0.4) is 0 Å². The highest BCUT2D eigenvalue weighted by molar-refractivity contribution is 7.16. The predicted molar refractivity (Wildman–Crippen MR) is 130 cm³/mol. The number of amides is 2. The number of carbonyl (C=O) groups is 2. The molecule has 2 aromatic carbocycles. The Morgan fingerprint density at radius 2 is 1.74 bits per heavy atom. The van der Waals surface area contributed by atoms with Crippen molar-refractivity contribution in [2.45, 2.75) is 19.3 Å². The van der Waals surface area contributed by atoms with Gasteiger partial charge in [0.1, 0.15) is 0 Å². The van der Waals surface area contributed by atoms with Crippen molar-refractivity contribution in [3.8, 4) is 0 Å². The van der Waals surface area contributed by atoms with E-state index < -0.39 is 5.91 Å². The van der Waals surface area contributed by atoms with Crippen molar-refractivity contribution >= 4 is 80.9 Å². The summed E-state index contributed by atoms with van der Waals surface area (Å²) in [6.45, 7) is 0.598. The van der Waals surface area contributed by atoms with Gasteiger partial charge in [0.05, 0.1) is 36.2 Å². The summed E-state index contributed by atoms with van der Waals surface area (Å²) in [6.07, 6.45) is 2.80. The molecule has 2 heterocycles. The number of fused-ring (bicyclic) bond motifs is 1. The van der Waals surface area contributed by atoms with Gasteiger partial charge < -0.3 is 10.2 Å². The summed E-state index contributed by atoms with van der Waals surface area (Å²) in [6, 6.07) is 11.4. The maximum Gasteiger partial charge on any atom is 0.259 e. The normalized spacial score (nSPS) is 13.5. The van der Waals surface area contributed by atoms with Crippen molar-refractivity contribution < 1.29 is 9.59 Å². The molecule has 1 aliphatic rings. The predicted octanol–water partition coefficient (Wildman–Crippen LogP) is 7.60. The molecule has 4 rings (SSSR count). The first-order chi connectivity index (χ1) is 14.8. The van der Waals surface area contributed by atoms with E-state index in [4.69, 9.17) is 46.4 Å². The molecule has 0 fully saturated rings. The molecule has 0 saturated carbocycles. The van der Waals surface area contributed by atoms with E-state index in [2.05, 4.69) is 5.32 Å². The minimum Gasteiger partial charge on any atom is -0.322 e. The lowest BCUT2D eigenvalue weighted by Gasteiger charge is -2.22. The molecule has 9 heteroatoms. The molecule has 0 bridgehead atoms. The molecule has 0 saturated heterocycles. The molecule has 1 aromatic heterocycles. The minimum atomic E-state index is -0.423. The van der Waals surface area contributed by atoms with Gasteiger partial charge in [-0.2, -0.15) is 0 Å². The zero-order chi connectivity index (χ0) is 22.1. The van der Waals surface area contributed by atoms with Gasteiger partial charge in [-0.05, 0) is 55.7 Å². The van der Waals surface area contributed by atoms with Gasteiger partial charge in [0, 0.05) is 17.1 Å². The second kappa shape index (κ2) is 9.39. The first-order valence-electron chi connectivity index (χ1n) is 9.50. The summed E-state index contributed by atoms with van der Waals surface area (Å²) in [7, 11) is 0. The van der Waals surface area contributed by atoms with Crippen LogP contribution in [0.1, 0.15) is 38.4 Å². The number of nitrogens with zero attached hydrogens (tertiary/aromatic N) is 1. The number of benzene rings is 2. The minimum absolute atomic E-state index is 0.172. The Labute approximate surface area is 203 Å². The van der Waals surface area contributed by atoms with Gasteiger partial charge in [0.2, 0.25) is 0 Å². The summed E-state index contributed by atoms with van der Waals surface area (Å²) >= 11 is 26.2. The van der Waals surface area contributed by atoms with Crippen LogP contribution in [-0.4, -0.2) is 18.4 Å². The van der Waals surface area contributed by atoms with Gasteiger partial charge in [-0.15, -0.1) is 11.3 Å². The Hall–Kier alpha value is -1.76. The van der Waals surface area contributed by atoms with Crippen LogP contribution in [0.5, 0.6) is 0 Å². The lowest BCUT2D eigenvalue weighted by molar-refractivity contribution is 0.0986. The van der Waals surface area contributed by atoms with E-state index in [9.17, 15) is 9.59 Å². The molecule has 160 valence electrons. The van der Waals surface area contributed by atoms with Gasteiger partial charge in [-0.1, -0.05) is 52.5 Å². The molecule has 0 aliphatic carbocycles. The summed E-state index contributed by atoms with van der Waals surface area (Å²) in [5, 5.41) is 3.44. The Morgan fingerprint density at radius 3 is 2.52 bits per heavy atom. The van der Waals surface area contributed by atoms with Gasteiger partial charge in [-0.25, -0.2) is 0 Å². The Balaban J connectivity index is 1.57. The van der Waals surface area contributed by atoms with Crippen molar-refractivity contribution in [2.24, 2.45) is 0 Å². The van der Waals surface area contributed by atoms with Gasteiger partial charge in [0.25, 0.3) is 11.8 Å². The third-order valence-corrected chi connectivity index (χ3v) is 7.43. The fraction of sp³-hybridized carbons (Fsp3) is 0.182. The number of hydrogen-bond acceptors (Lipinski definition) is 3. The first kappa shape index (κ1) is 22.4. The number of carbonyl (C=O) groups excluding carboxylic acids is 2. The topological polar surface area (TPSA) is 49.4 Å². The van der Waals surface area contributed by atoms with Crippen LogP contribution in [0.4, 0.5) is 11.4 Å². The maximum atomic E-state index is 13.3. The molecular weight excluding hydrogens is 498 g/mol. The highest BCUT2D eigenvalue weighted by Crippen LogP contribution is 2.38. The van der Waals surface area contributed by atoms with E-state index in [1.165, 1.54) is 11.3 Å². The van der Waals surface area contributed by atoms with Crippen LogP contribution in [0.15, 0.2) is 42.5 Å². The van der Waals surface area contributed by atoms with Gasteiger partial charge in [-0.3, -0.25) is 9.59 Å². The zero-order valence-corrected chi connectivity index (χ0v) is 19.9. The lowest BCUT2D eigenvalue weighted by atomic mass is 10.1. The monoisotopic (exact) mass is 512 g/mol. The molecule has 1 aliphatic heterocycles. The highest BCUT2D eigenvalue weighted by atomic mass is 35.5. The molecule has 0 radical (unpaired) electrons. The highest BCUT2D eigenvalue weighted by Gasteiger charge is 2.26. The van der Waals surface area contributed by atoms with Gasteiger partial charge >= 0.3 is 0 Å². The molecule has 4 nitrogen and oxygen atoms in total. The summed E-state index contributed by atoms with van der Waals surface area (Å²) in [5.74, 6) is -0.619. The largest absolute Gasteiger partial charge is 0.322 e. The van der Waals surface area contributed by atoms with Crippen molar-refractivity contribution in [3.63, 3.8) is 0 Å². The van der Waals surface area contributed by atoms with E-state index >= 15 is 0 Å². The standard InChI is InChI=1S/C22H16Cl4N2O2S/c23-15-5-3-4-14(20(15)26)21(29)27-12-7-8-13(16(24)10-12)22(30)28-9-2-1-6-18-17(28)11-19(25)31-18/h3-5,7-8,10-11H,1-2,6,9H2,(H,27,29). The number of halogens is 4. The molecule has 3 aromatic rings. The quantitative estimate of drug-likeness (QED) is 0.392. The van der Waals surface area contributed by atoms with E-state index in [0.717, 1.165) is 29.8 Å². The van der Waals surface area contributed by atoms with Crippen LogP contribution in [0.25, 0.3) is 0 Å². The Bertz CT molecular complexity index is 1180. The number of aryl methyl sites for hydroxylation is 1. The van der Waals surface area contributed by atoms with E-state index in [0.29, 0.717) is 27.2 Å². The molecule has 2 amide bonds. The summed E-state index contributed by atoms with van der Waals surface area (Å²) < 4.78 is 0.661. The van der Waals surface area contributed by atoms with Gasteiger partial charge in [0.15, 0.2) is 0 Å². The van der Waals surface area contributed by atoms with Crippen molar-refractivity contribution in [1.82, 2.24) is 0 Å². The Morgan fingerprint density at radius 1 is 0.935 bits per heavy atom. The maximum absolute atomic E-state index is 13.3. The second-order valence-electron chi connectivity index (χ2n) is 7.02. The van der Waals surface area contributed by atoms with Crippen molar-refractivity contribution in [1.29, 1.82) is 0 Å². The number of rotatable bonds is 3. The lowest BCUT2D eigenvalue weighted by Crippen LogP contribution is -2.31. The summed E-state index contributed by atoms with van der Waals surface area (Å²) in [5.41, 5.74) is 1.90. The summed E-state index contributed by atoms with van der Waals surface area (Å²) in [4.78, 5) is 28.7. The van der Waals surface area contributed by atoms with Crippen LogP contribution in [0.2, 0.25) is 19.4 Å². The number of anilines is 2. The molecule has 0 unspecified atom stereocenters. The zero-order valence-electron chi connectivity index (χ0n) is 16.1.